The van der Waals surface area contributed by atoms with Gasteiger partial charge < -0.3 is 29.6 Å². The minimum atomic E-state index is -1.08. The monoisotopic (exact) mass is 528 g/mol. The molecule has 1 aromatic heterocycles. The highest BCUT2D eigenvalue weighted by Crippen LogP contribution is 2.45. The van der Waals surface area contributed by atoms with Crippen LogP contribution in [-0.2, 0) is 4.79 Å². The van der Waals surface area contributed by atoms with Crippen LogP contribution >= 0.6 is 0 Å². The molecule has 2 saturated heterocycles. The van der Waals surface area contributed by atoms with Crippen molar-refractivity contribution in [3.8, 4) is 22.8 Å². The van der Waals surface area contributed by atoms with Gasteiger partial charge >= 0.3 is 0 Å². The number of aromatic nitrogens is 1. The number of carbonyl (C=O) groups excluding carboxylic acids is 2. The number of amides is 2. The maximum absolute atomic E-state index is 16.1. The summed E-state index contributed by atoms with van der Waals surface area (Å²) in [7, 11) is 0. The van der Waals surface area contributed by atoms with Gasteiger partial charge in [0, 0.05) is 31.2 Å². The molecular formula is C27H30F2N4O5. The average Bonchev–Trinajstić information content (AvgIpc) is 3.03. The summed E-state index contributed by atoms with van der Waals surface area (Å²) in [6.07, 6.45) is 0.823. The van der Waals surface area contributed by atoms with Gasteiger partial charge in [-0.15, -0.1) is 0 Å². The first kappa shape index (κ1) is 25.9. The lowest BCUT2D eigenvalue weighted by atomic mass is 9.99. The maximum atomic E-state index is 16.1. The Morgan fingerprint density at radius 1 is 1.24 bits per heavy atom. The number of rotatable bonds is 3. The summed E-state index contributed by atoms with van der Waals surface area (Å²) in [6, 6.07) is 2.56. The van der Waals surface area contributed by atoms with Crippen LogP contribution in [0.2, 0.25) is 0 Å². The van der Waals surface area contributed by atoms with Crippen LogP contribution in [0, 0.1) is 11.6 Å². The maximum Gasteiger partial charge on any atom is 0.262 e. The summed E-state index contributed by atoms with van der Waals surface area (Å²) < 4.78 is 37.0. The summed E-state index contributed by atoms with van der Waals surface area (Å²) in [5.41, 5.74) is -1.78. The van der Waals surface area contributed by atoms with Crippen LogP contribution in [0.5, 0.6) is 11.5 Å². The Bertz CT molecular complexity index is 1310. The number of anilines is 1. The zero-order valence-electron chi connectivity index (χ0n) is 21.4. The van der Waals surface area contributed by atoms with Gasteiger partial charge in [-0.1, -0.05) is 12.6 Å². The first-order valence-electron chi connectivity index (χ1n) is 12.5. The Morgan fingerprint density at radius 3 is 2.61 bits per heavy atom. The third kappa shape index (κ3) is 4.05. The summed E-state index contributed by atoms with van der Waals surface area (Å²) in [5, 5.41) is 20.9. The Hall–Kier alpha value is -3.73. The molecule has 9 nitrogen and oxygen atoms in total. The zero-order chi connectivity index (χ0) is 27.5. The molecule has 3 aliphatic heterocycles. The highest BCUT2D eigenvalue weighted by molar-refractivity contribution is 6.03. The van der Waals surface area contributed by atoms with Crippen molar-refractivity contribution in [1.82, 2.24) is 14.8 Å². The summed E-state index contributed by atoms with van der Waals surface area (Å²) >= 11 is 0. The van der Waals surface area contributed by atoms with E-state index in [1.807, 2.05) is 13.8 Å². The molecule has 4 heterocycles. The molecule has 2 aromatic rings. The highest BCUT2D eigenvalue weighted by Gasteiger charge is 2.47. The van der Waals surface area contributed by atoms with Crippen LogP contribution in [0.25, 0.3) is 11.3 Å². The predicted molar refractivity (Wildman–Crippen MR) is 135 cm³/mol. The number of carbonyl (C=O) groups is 2. The molecule has 11 heteroatoms. The number of nitrogens with zero attached hydrogens (tertiary/aromatic N) is 4. The number of fused-ring (bicyclic) bond motifs is 2. The number of ether oxygens (including phenoxy) is 1. The molecule has 0 radical (unpaired) electrons. The van der Waals surface area contributed by atoms with Gasteiger partial charge in [0.05, 0.1) is 17.7 Å². The number of phenolic OH excluding ortho intramolecular Hbond substituents is 1. The predicted octanol–water partition coefficient (Wildman–Crippen LogP) is 2.70. The number of benzene rings is 1. The van der Waals surface area contributed by atoms with E-state index in [1.54, 1.807) is 21.6 Å². The van der Waals surface area contributed by atoms with Gasteiger partial charge in [-0.05, 0) is 45.4 Å². The number of phenols is 1. The van der Waals surface area contributed by atoms with Gasteiger partial charge in [0.2, 0.25) is 5.91 Å². The molecule has 2 amide bonds. The van der Waals surface area contributed by atoms with E-state index in [0.717, 1.165) is 6.07 Å². The number of aliphatic hydroxyl groups is 1. The first-order valence-corrected chi connectivity index (χ1v) is 12.5. The van der Waals surface area contributed by atoms with Crippen molar-refractivity contribution >= 4 is 17.6 Å². The molecular weight excluding hydrogens is 498 g/mol. The lowest BCUT2D eigenvalue weighted by molar-refractivity contribution is -0.130. The molecule has 2 fully saturated rings. The number of pyridine rings is 1. The molecule has 1 aromatic carbocycles. The van der Waals surface area contributed by atoms with E-state index in [4.69, 9.17) is 4.74 Å². The van der Waals surface area contributed by atoms with Crippen LogP contribution in [0.15, 0.2) is 30.9 Å². The zero-order valence-corrected chi connectivity index (χ0v) is 21.4. The van der Waals surface area contributed by atoms with Crippen molar-refractivity contribution < 1.29 is 33.3 Å². The molecule has 38 heavy (non-hydrogen) atoms. The number of halogens is 2. The summed E-state index contributed by atoms with van der Waals surface area (Å²) in [5.74, 6) is -3.70. The number of hydrogen-bond donors (Lipinski definition) is 2. The smallest absolute Gasteiger partial charge is 0.262 e. The second-order valence-electron chi connectivity index (χ2n) is 10.7. The van der Waals surface area contributed by atoms with Crippen molar-refractivity contribution in [1.29, 1.82) is 0 Å². The van der Waals surface area contributed by atoms with E-state index < -0.39 is 64.0 Å². The second kappa shape index (κ2) is 9.23. The van der Waals surface area contributed by atoms with E-state index in [1.165, 1.54) is 18.2 Å². The minimum Gasteiger partial charge on any atom is -0.507 e. The van der Waals surface area contributed by atoms with Gasteiger partial charge in [-0.2, -0.15) is 0 Å². The van der Waals surface area contributed by atoms with Crippen molar-refractivity contribution in [2.75, 3.05) is 31.1 Å². The van der Waals surface area contributed by atoms with E-state index in [2.05, 4.69) is 11.6 Å². The molecule has 0 unspecified atom stereocenters. The lowest BCUT2D eigenvalue weighted by Crippen LogP contribution is -2.61. The fraction of sp³-hybridized carbons (Fsp3) is 0.444. The fourth-order valence-electron chi connectivity index (χ4n) is 5.85. The van der Waals surface area contributed by atoms with Crippen molar-refractivity contribution in [3.05, 3.63) is 48.1 Å². The average molecular weight is 529 g/mol. The molecule has 202 valence electrons. The van der Waals surface area contributed by atoms with Gasteiger partial charge in [0.1, 0.15) is 35.2 Å². The fourth-order valence-corrected chi connectivity index (χ4v) is 5.85. The number of hydrogen-bond acceptors (Lipinski definition) is 7. The first-order chi connectivity index (χ1) is 17.9. The van der Waals surface area contributed by atoms with Gasteiger partial charge in [-0.25, -0.2) is 13.8 Å². The molecule has 0 bridgehead atoms. The van der Waals surface area contributed by atoms with Crippen LogP contribution in [0.4, 0.5) is 14.6 Å². The topological polar surface area (TPSA) is 106 Å². The second-order valence-corrected chi connectivity index (χ2v) is 10.7. The van der Waals surface area contributed by atoms with E-state index in [0.29, 0.717) is 6.42 Å². The van der Waals surface area contributed by atoms with E-state index >= 15 is 4.39 Å². The summed E-state index contributed by atoms with van der Waals surface area (Å²) in [6.45, 7) is 9.43. The van der Waals surface area contributed by atoms with Crippen molar-refractivity contribution in [2.45, 2.75) is 50.9 Å². The van der Waals surface area contributed by atoms with Crippen LogP contribution < -0.4 is 9.64 Å². The molecule has 0 spiro atoms. The van der Waals surface area contributed by atoms with E-state index in [9.17, 15) is 24.2 Å². The Kier molecular flexibility index (Phi) is 6.29. The van der Waals surface area contributed by atoms with Crippen molar-refractivity contribution in [2.24, 2.45) is 0 Å². The molecule has 2 N–H and O–H groups in total. The molecule has 0 saturated carbocycles. The van der Waals surface area contributed by atoms with Crippen molar-refractivity contribution in [3.63, 3.8) is 0 Å². The van der Waals surface area contributed by atoms with Crippen LogP contribution in [0.3, 0.4) is 0 Å². The van der Waals surface area contributed by atoms with Gasteiger partial charge in [0.15, 0.2) is 11.6 Å². The standard InChI is InChI=1S/C27H30F2N4O5/c1-5-19(36)31-10-14(2)33-15(11-31)13-38-24-21(26(33)37)25(32-12-16(34)9-27(32,3)4)30-23(22(24)29)20-17(28)7-6-8-18(20)35/h5-8,14-16,34-35H,1,9-13H2,2-4H3/t14-,15+,16-/m0/s1. The Labute approximate surface area is 218 Å². The Balaban J connectivity index is 1.72. The molecule has 3 atom stereocenters. The number of piperazine rings is 1. The molecule has 3 aliphatic rings. The van der Waals surface area contributed by atoms with Gasteiger partial charge in [0.25, 0.3) is 5.91 Å². The normalized spacial score (nSPS) is 24.4. The molecule has 0 aliphatic carbocycles. The number of aromatic hydroxyl groups is 1. The van der Waals surface area contributed by atoms with Crippen LogP contribution in [0.1, 0.15) is 37.6 Å². The highest BCUT2D eigenvalue weighted by atomic mass is 19.1. The molecule has 5 rings (SSSR count). The third-order valence-electron chi connectivity index (χ3n) is 7.56. The minimum absolute atomic E-state index is 0.0306. The largest absolute Gasteiger partial charge is 0.507 e. The van der Waals surface area contributed by atoms with Gasteiger partial charge in [-0.3, -0.25) is 9.59 Å². The van der Waals surface area contributed by atoms with Crippen LogP contribution in [-0.4, -0.2) is 86.8 Å². The lowest BCUT2D eigenvalue weighted by Gasteiger charge is -2.44. The Morgan fingerprint density at radius 2 is 1.97 bits per heavy atom. The quantitative estimate of drug-likeness (QED) is 0.590. The third-order valence-corrected chi connectivity index (χ3v) is 7.56. The number of β-amino-alcohol motifs (C(OH)–C–C–N with tert-alkyl or cyclic N) is 1. The SMILES string of the molecule is C=CC(=O)N1C[C@@H]2COc3c(F)c(-c4c(O)cccc4F)nc(N4C[C@@H](O)CC4(C)C)c3C(=O)N2[C@@H](C)C1. The number of aliphatic hydroxyl groups excluding tert-OH is 1. The summed E-state index contributed by atoms with van der Waals surface area (Å²) in [4.78, 5) is 35.7. The van der Waals surface area contributed by atoms with E-state index in [-0.39, 0.29) is 43.5 Å².